The Bertz CT molecular complexity index is 502. The van der Waals surface area contributed by atoms with E-state index in [0.717, 1.165) is 11.0 Å². The largest absolute Gasteiger partial charge is 0.324 e. The van der Waals surface area contributed by atoms with E-state index in [-0.39, 0.29) is 16.7 Å². The molecule has 1 heterocycles. The second kappa shape index (κ2) is 4.87. The van der Waals surface area contributed by atoms with E-state index < -0.39 is 0 Å². The molecule has 0 radical (unpaired) electrons. The molecule has 5 heteroatoms. The van der Waals surface area contributed by atoms with Crippen LogP contribution in [0.4, 0.5) is 5.95 Å². The average Bonchev–Trinajstić information content (AvgIpc) is 2.69. The Hall–Kier alpha value is -1.36. The molecule has 0 saturated carbocycles. The lowest BCUT2D eigenvalue weighted by Crippen LogP contribution is -2.27. The van der Waals surface area contributed by atoms with E-state index in [9.17, 15) is 4.79 Å². The highest BCUT2D eigenvalue weighted by Gasteiger charge is 2.19. The molecular formula is C12H14BrN3O. The number of para-hydroxylation sites is 2. The van der Waals surface area contributed by atoms with Gasteiger partial charge in [-0.25, -0.2) is 4.98 Å². The summed E-state index contributed by atoms with van der Waals surface area (Å²) in [6, 6.07) is 7.66. The predicted octanol–water partition coefficient (Wildman–Crippen LogP) is 2.92. The van der Waals surface area contributed by atoms with Gasteiger partial charge in [-0.1, -0.05) is 41.9 Å². The molecule has 17 heavy (non-hydrogen) atoms. The van der Waals surface area contributed by atoms with Crippen LogP contribution in [-0.4, -0.2) is 20.7 Å². The minimum Gasteiger partial charge on any atom is -0.324 e. The van der Waals surface area contributed by atoms with Crippen molar-refractivity contribution >= 4 is 38.8 Å². The lowest BCUT2D eigenvalue weighted by molar-refractivity contribution is -0.116. The molecule has 1 atom stereocenters. The summed E-state index contributed by atoms with van der Waals surface area (Å²) in [6.07, 6.45) is 0. The number of imidazole rings is 1. The summed E-state index contributed by atoms with van der Waals surface area (Å²) in [5.74, 6) is 0.639. The van der Waals surface area contributed by atoms with E-state index in [1.165, 1.54) is 0 Å². The van der Waals surface area contributed by atoms with Crippen molar-refractivity contribution in [2.45, 2.75) is 18.7 Å². The van der Waals surface area contributed by atoms with Crippen molar-refractivity contribution in [3.05, 3.63) is 24.3 Å². The highest BCUT2D eigenvalue weighted by molar-refractivity contribution is 9.10. The molecule has 2 aromatic rings. The number of carbonyl (C=O) groups is 1. The Balaban J connectivity index is 2.16. The van der Waals surface area contributed by atoms with Gasteiger partial charge >= 0.3 is 0 Å². The van der Waals surface area contributed by atoms with E-state index in [0.29, 0.717) is 5.95 Å². The molecule has 0 saturated heterocycles. The van der Waals surface area contributed by atoms with E-state index in [2.05, 4.69) is 31.2 Å². The smallest absolute Gasteiger partial charge is 0.240 e. The number of aromatic nitrogens is 2. The molecule has 4 nitrogen and oxygen atoms in total. The van der Waals surface area contributed by atoms with Crippen LogP contribution in [0.2, 0.25) is 0 Å². The maximum Gasteiger partial charge on any atom is 0.240 e. The molecular weight excluding hydrogens is 282 g/mol. The van der Waals surface area contributed by atoms with Gasteiger partial charge in [0.25, 0.3) is 0 Å². The highest BCUT2D eigenvalue weighted by atomic mass is 79.9. The molecule has 0 bridgehead atoms. The Morgan fingerprint density at radius 1 is 1.41 bits per heavy atom. The fourth-order valence-electron chi connectivity index (χ4n) is 1.50. The average molecular weight is 296 g/mol. The number of hydrogen-bond acceptors (Lipinski definition) is 2. The standard InChI is InChI=1S/C12H14BrN3O/c1-7(2)10(13)11(17)16-12-14-8-5-3-4-6-9(8)15-12/h3-7,10H,1-2H3,(H2,14,15,16,17). The SMILES string of the molecule is CC(C)C(Br)C(=O)Nc1nc2ccccc2[nH]1. The van der Waals surface area contributed by atoms with Crippen molar-refractivity contribution in [2.75, 3.05) is 5.32 Å². The van der Waals surface area contributed by atoms with Crippen LogP contribution in [0.5, 0.6) is 0 Å². The summed E-state index contributed by atoms with van der Waals surface area (Å²) in [5.41, 5.74) is 1.76. The van der Waals surface area contributed by atoms with Crippen LogP contribution in [0.25, 0.3) is 11.0 Å². The first-order valence-electron chi connectivity index (χ1n) is 5.47. The highest BCUT2D eigenvalue weighted by Crippen LogP contribution is 2.16. The molecule has 0 aliphatic rings. The van der Waals surface area contributed by atoms with E-state index in [1.54, 1.807) is 0 Å². The summed E-state index contributed by atoms with van der Waals surface area (Å²) in [7, 11) is 0. The first-order chi connectivity index (χ1) is 8.08. The van der Waals surface area contributed by atoms with Crippen LogP contribution in [0.15, 0.2) is 24.3 Å². The summed E-state index contributed by atoms with van der Waals surface area (Å²) in [6.45, 7) is 3.97. The number of benzene rings is 1. The third kappa shape index (κ3) is 2.66. The van der Waals surface area contributed by atoms with Crippen molar-refractivity contribution < 1.29 is 4.79 Å². The molecule has 0 aliphatic carbocycles. The normalized spacial score (nSPS) is 12.9. The quantitative estimate of drug-likeness (QED) is 0.856. The second-order valence-corrected chi connectivity index (χ2v) is 5.22. The number of carbonyl (C=O) groups excluding carboxylic acids is 1. The van der Waals surface area contributed by atoms with Crippen LogP contribution in [0.1, 0.15) is 13.8 Å². The summed E-state index contributed by atoms with van der Waals surface area (Å²) >= 11 is 3.36. The Morgan fingerprint density at radius 3 is 2.76 bits per heavy atom. The van der Waals surface area contributed by atoms with Crippen LogP contribution < -0.4 is 5.32 Å². The Morgan fingerprint density at radius 2 is 2.12 bits per heavy atom. The van der Waals surface area contributed by atoms with Gasteiger partial charge < -0.3 is 4.98 Å². The monoisotopic (exact) mass is 295 g/mol. The van der Waals surface area contributed by atoms with Gasteiger partial charge in [0, 0.05) is 0 Å². The zero-order valence-corrected chi connectivity index (χ0v) is 11.3. The lowest BCUT2D eigenvalue weighted by Gasteiger charge is -2.11. The third-order valence-electron chi connectivity index (χ3n) is 2.47. The summed E-state index contributed by atoms with van der Waals surface area (Å²) < 4.78 is 0. The van der Waals surface area contributed by atoms with Crippen LogP contribution >= 0.6 is 15.9 Å². The van der Waals surface area contributed by atoms with E-state index in [1.807, 2.05) is 38.1 Å². The second-order valence-electron chi connectivity index (χ2n) is 4.24. The molecule has 2 rings (SSSR count). The zero-order chi connectivity index (χ0) is 12.4. The topological polar surface area (TPSA) is 57.8 Å². The summed E-state index contributed by atoms with van der Waals surface area (Å²) in [4.78, 5) is 18.9. The number of rotatable bonds is 3. The van der Waals surface area contributed by atoms with Crippen LogP contribution in [0, 0.1) is 5.92 Å². The number of aromatic amines is 1. The van der Waals surface area contributed by atoms with Gasteiger partial charge in [0.05, 0.1) is 15.9 Å². The van der Waals surface area contributed by atoms with Crippen LogP contribution in [-0.2, 0) is 4.79 Å². The van der Waals surface area contributed by atoms with E-state index >= 15 is 0 Å². The number of halogens is 1. The lowest BCUT2D eigenvalue weighted by atomic mass is 10.1. The van der Waals surface area contributed by atoms with Gasteiger partial charge in [0.1, 0.15) is 0 Å². The van der Waals surface area contributed by atoms with Crippen molar-refractivity contribution in [3.63, 3.8) is 0 Å². The number of fused-ring (bicyclic) bond motifs is 1. The molecule has 90 valence electrons. The molecule has 1 aromatic carbocycles. The van der Waals surface area contributed by atoms with Gasteiger partial charge in [-0.15, -0.1) is 0 Å². The molecule has 1 amide bonds. The molecule has 1 unspecified atom stereocenters. The number of nitrogens with zero attached hydrogens (tertiary/aromatic N) is 1. The number of alkyl halides is 1. The number of amides is 1. The number of hydrogen-bond donors (Lipinski definition) is 2. The maximum absolute atomic E-state index is 11.8. The molecule has 0 aliphatic heterocycles. The van der Waals surface area contributed by atoms with Gasteiger partial charge in [-0.2, -0.15) is 0 Å². The minimum atomic E-state index is -0.212. The Kier molecular flexibility index (Phi) is 3.47. The molecule has 0 spiro atoms. The van der Waals surface area contributed by atoms with E-state index in [4.69, 9.17) is 0 Å². The van der Waals surface area contributed by atoms with Crippen molar-refractivity contribution in [3.8, 4) is 0 Å². The number of nitrogens with one attached hydrogen (secondary N) is 2. The van der Waals surface area contributed by atoms with Gasteiger partial charge in [-0.3, -0.25) is 10.1 Å². The molecule has 2 N–H and O–H groups in total. The van der Waals surface area contributed by atoms with Crippen LogP contribution in [0.3, 0.4) is 0 Å². The third-order valence-corrected chi connectivity index (χ3v) is 3.94. The first kappa shape index (κ1) is 12.1. The maximum atomic E-state index is 11.8. The van der Waals surface area contributed by atoms with Gasteiger partial charge in [0.2, 0.25) is 11.9 Å². The Labute approximate surface area is 108 Å². The minimum absolute atomic E-state index is 0.0842. The van der Waals surface area contributed by atoms with Gasteiger partial charge in [-0.05, 0) is 18.1 Å². The molecule has 1 aromatic heterocycles. The fraction of sp³-hybridized carbons (Fsp3) is 0.333. The first-order valence-corrected chi connectivity index (χ1v) is 6.39. The zero-order valence-electron chi connectivity index (χ0n) is 9.70. The predicted molar refractivity (Wildman–Crippen MR) is 72.3 cm³/mol. The molecule has 0 fully saturated rings. The van der Waals surface area contributed by atoms with Crippen molar-refractivity contribution in [1.29, 1.82) is 0 Å². The number of H-pyrrole nitrogens is 1. The van der Waals surface area contributed by atoms with Gasteiger partial charge in [0.15, 0.2) is 0 Å². The summed E-state index contributed by atoms with van der Waals surface area (Å²) in [5, 5.41) is 2.76. The fourth-order valence-corrected chi connectivity index (χ4v) is 1.61. The van der Waals surface area contributed by atoms with Crippen molar-refractivity contribution in [1.82, 2.24) is 9.97 Å². The number of anilines is 1. The van der Waals surface area contributed by atoms with Crippen molar-refractivity contribution in [2.24, 2.45) is 5.92 Å².